The third kappa shape index (κ3) is 5.69. The van der Waals surface area contributed by atoms with Gasteiger partial charge in [-0.15, -0.1) is 10.1 Å². The maximum absolute atomic E-state index is 5.10. The van der Waals surface area contributed by atoms with Crippen molar-refractivity contribution in [2.45, 2.75) is 6.42 Å². The third-order valence-electron chi connectivity index (χ3n) is 2.51. The zero-order valence-electron chi connectivity index (χ0n) is 11.4. The molecule has 0 bridgehead atoms. The van der Waals surface area contributed by atoms with E-state index < -0.39 is 0 Å². The van der Waals surface area contributed by atoms with Crippen LogP contribution in [0.15, 0.2) is 88.5 Å². The predicted octanol–water partition coefficient (Wildman–Crippen LogP) is 4.13. The van der Waals surface area contributed by atoms with E-state index in [2.05, 4.69) is 20.6 Å². The van der Waals surface area contributed by atoms with Crippen molar-refractivity contribution in [1.82, 2.24) is 0 Å². The molecule has 21 heavy (non-hydrogen) atoms. The van der Waals surface area contributed by atoms with E-state index in [-0.39, 0.29) is 0 Å². The van der Waals surface area contributed by atoms with Crippen LogP contribution in [0.25, 0.3) is 0 Å². The quantitative estimate of drug-likeness (QED) is 0.671. The molecule has 0 fully saturated rings. The van der Waals surface area contributed by atoms with E-state index in [1.165, 1.54) is 6.21 Å². The van der Waals surface area contributed by atoms with Crippen molar-refractivity contribution in [1.29, 1.82) is 0 Å². The van der Waals surface area contributed by atoms with E-state index in [0.29, 0.717) is 5.75 Å². The van der Waals surface area contributed by atoms with Gasteiger partial charge in [0.2, 0.25) is 0 Å². The number of fused-ring (bicyclic) bond motifs is 1. The molecule has 0 saturated carbocycles. The second kappa shape index (κ2) is 9.03. The Kier molecular flexibility index (Phi) is 6.22. The fraction of sp³-hybridized carbons (Fsp3) is 0.0625. The molecule has 0 N–H and O–H groups in total. The van der Waals surface area contributed by atoms with Gasteiger partial charge in [-0.3, -0.25) is 4.89 Å². The second-order valence-electron chi connectivity index (χ2n) is 3.99. The van der Waals surface area contributed by atoms with Gasteiger partial charge in [0, 0.05) is 5.56 Å². The number of benzene rings is 1. The van der Waals surface area contributed by atoms with Crippen LogP contribution >= 0.6 is 0 Å². The highest BCUT2D eigenvalue weighted by molar-refractivity contribution is 5.71. The molecule has 2 rings (SSSR count). The summed E-state index contributed by atoms with van der Waals surface area (Å²) in [7, 11) is 0. The van der Waals surface area contributed by atoms with Crippen molar-refractivity contribution in [3.63, 3.8) is 0 Å². The van der Waals surface area contributed by atoms with Crippen molar-refractivity contribution < 1.29 is 9.88 Å². The Labute approximate surface area is 123 Å². The fourth-order valence-electron chi connectivity index (χ4n) is 1.56. The van der Waals surface area contributed by atoms with Crippen LogP contribution in [0.4, 0.5) is 0 Å². The molecule has 0 atom stereocenters. The SMILES string of the molecule is C1=C\C=C/C=N\N=N\OOc2ccccc2C/C=C/C=C1. The minimum absolute atomic E-state index is 0.596. The Hall–Kier alpha value is -2.95. The molecule has 0 amide bonds. The average Bonchev–Trinajstić information content (AvgIpc) is 2.52. The minimum Gasteiger partial charge on any atom is -0.266 e. The Bertz CT molecular complexity index is 614. The van der Waals surface area contributed by atoms with Crippen molar-refractivity contribution in [2.24, 2.45) is 15.6 Å². The molecule has 106 valence electrons. The van der Waals surface area contributed by atoms with Gasteiger partial charge in [-0.2, -0.15) is 0 Å². The van der Waals surface area contributed by atoms with E-state index in [9.17, 15) is 0 Å². The van der Waals surface area contributed by atoms with Crippen LogP contribution in [0.1, 0.15) is 5.56 Å². The lowest BCUT2D eigenvalue weighted by atomic mass is 10.1. The first kappa shape index (κ1) is 14.5. The van der Waals surface area contributed by atoms with E-state index in [1.54, 1.807) is 12.1 Å². The number of rotatable bonds is 0. The van der Waals surface area contributed by atoms with Gasteiger partial charge in [-0.05, 0) is 23.8 Å². The van der Waals surface area contributed by atoms with Gasteiger partial charge in [0.05, 0.1) is 11.5 Å². The summed E-state index contributed by atoms with van der Waals surface area (Å²) in [6.45, 7) is 0. The molecule has 1 aromatic rings. The molecule has 1 heterocycles. The second-order valence-corrected chi connectivity index (χ2v) is 3.99. The first-order chi connectivity index (χ1) is 10.5. The summed E-state index contributed by atoms with van der Waals surface area (Å²) >= 11 is 0. The van der Waals surface area contributed by atoms with Gasteiger partial charge in [-0.1, -0.05) is 60.7 Å². The summed E-state index contributed by atoms with van der Waals surface area (Å²) in [4.78, 5) is 9.75. The number of para-hydroxylation sites is 1. The van der Waals surface area contributed by atoms with E-state index in [4.69, 9.17) is 4.89 Å². The minimum atomic E-state index is 0.596. The first-order valence-corrected chi connectivity index (χ1v) is 6.47. The molecule has 1 aromatic carbocycles. The van der Waals surface area contributed by atoms with Crippen molar-refractivity contribution in [3.8, 4) is 5.75 Å². The van der Waals surface area contributed by atoms with Crippen LogP contribution in [-0.2, 0) is 11.4 Å². The summed E-state index contributed by atoms with van der Waals surface area (Å²) in [6, 6.07) is 7.56. The van der Waals surface area contributed by atoms with Crippen molar-refractivity contribution in [3.05, 3.63) is 78.4 Å². The summed E-state index contributed by atoms with van der Waals surface area (Å²) in [6.07, 6.45) is 17.5. The topological polar surface area (TPSA) is 55.5 Å². The standard InChI is InChI=1S/C16H15N3O2/c1-2-4-6-10-14-17-18-19-21-20-16-13-9-8-12-15(16)11-7-5-3-1/h1-10,12-14H,11H2/b3-1?,4-2?,7-5+,10-6-,17-14-,19-18+. The van der Waals surface area contributed by atoms with Crippen molar-refractivity contribution in [2.75, 3.05) is 0 Å². The Balaban J connectivity index is 2.13. The monoisotopic (exact) mass is 281 g/mol. The molecule has 0 aliphatic carbocycles. The van der Waals surface area contributed by atoms with E-state index in [0.717, 1.165) is 12.0 Å². The lowest BCUT2D eigenvalue weighted by molar-refractivity contribution is -0.216. The highest BCUT2D eigenvalue weighted by Crippen LogP contribution is 2.19. The predicted molar refractivity (Wildman–Crippen MR) is 81.8 cm³/mol. The highest BCUT2D eigenvalue weighted by atomic mass is 17.3. The van der Waals surface area contributed by atoms with Gasteiger partial charge in [0.25, 0.3) is 0 Å². The zero-order chi connectivity index (χ0) is 14.6. The van der Waals surface area contributed by atoms with Gasteiger partial charge in [0.1, 0.15) is 0 Å². The number of hydrogen-bond acceptors (Lipinski definition) is 5. The fourth-order valence-corrected chi connectivity index (χ4v) is 1.56. The number of nitrogens with zero attached hydrogens (tertiary/aromatic N) is 3. The average molecular weight is 281 g/mol. The van der Waals surface area contributed by atoms with E-state index in [1.807, 2.05) is 60.7 Å². The van der Waals surface area contributed by atoms with Crippen LogP contribution in [0, 0.1) is 0 Å². The normalized spacial score (nSPS) is 21.1. The maximum Gasteiger partial charge on any atom is 0.184 e. The molecular weight excluding hydrogens is 266 g/mol. The molecule has 0 aromatic heterocycles. The highest BCUT2D eigenvalue weighted by Gasteiger charge is 2.02. The Morgan fingerprint density at radius 3 is 2.52 bits per heavy atom. The molecule has 1 aliphatic rings. The first-order valence-electron chi connectivity index (χ1n) is 6.47. The smallest absolute Gasteiger partial charge is 0.184 e. The molecular formula is C16H15N3O2. The van der Waals surface area contributed by atoms with Crippen LogP contribution < -0.4 is 4.89 Å². The molecule has 0 radical (unpaired) electrons. The Morgan fingerprint density at radius 2 is 1.62 bits per heavy atom. The molecule has 0 unspecified atom stereocenters. The lowest BCUT2D eigenvalue weighted by Crippen LogP contribution is -1.94. The molecule has 5 heteroatoms. The van der Waals surface area contributed by atoms with Gasteiger partial charge < -0.3 is 0 Å². The lowest BCUT2D eigenvalue weighted by Gasteiger charge is -2.04. The van der Waals surface area contributed by atoms with Crippen LogP contribution in [-0.4, -0.2) is 6.21 Å². The van der Waals surface area contributed by atoms with Crippen LogP contribution in [0.5, 0.6) is 5.75 Å². The maximum atomic E-state index is 5.10. The molecule has 1 aliphatic heterocycles. The van der Waals surface area contributed by atoms with Crippen LogP contribution in [0.2, 0.25) is 0 Å². The molecule has 0 saturated heterocycles. The van der Waals surface area contributed by atoms with Gasteiger partial charge in [-0.25, -0.2) is 0 Å². The zero-order valence-corrected chi connectivity index (χ0v) is 11.4. The Morgan fingerprint density at radius 1 is 0.857 bits per heavy atom. The van der Waals surface area contributed by atoms with Gasteiger partial charge >= 0.3 is 0 Å². The molecule has 0 spiro atoms. The van der Waals surface area contributed by atoms with E-state index >= 15 is 0 Å². The van der Waals surface area contributed by atoms with Crippen LogP contribution in [0.3, 0.4) is 0 Å². The largest absolute Gasteiger partial charge is 0.266 e. The summed E-state index contributed by atoms with van der Waals surface area (Å²) < 4.78 is 0. The summed E-state index contributed by atoms with van der Waals surface area (Å²) in [5.74, 6) is 0.596. The van der Waals surface area contributed by atoms with Gasteiger partial charge in [0.15, 0.2) is 5.75 Å². The molecule has 5 nitrogen and oxygen atoms in total. The summed E-state index contributed by atoms with van der Waals surface area (Å²) in [5, 5.41) is 10.4. The third-order valence-corrected chi connectivity index (χ3v) is 2.51. The number of allylic oxidation sites excluding steroid dienone is 8. The van der Waals surface area contributed by atoms with Crippen molar-refractivity contribution >= 4 is 6.21 Å². The number of hydrogen-bond donors (Lipinski definition) is 0. The summed E-state index contributed by atoms with van der Waals surface area (Å²) in [5.41, 5.74) is 0.988.